The first-order valence-corrected chi connectivity index (χ1v) is 9.76. The van der Waals surface area contributed by atoms with E-state index in [4.69, 9.17) is 4.98 Å². The summed E-state index contributed by atoms with van der Waals surface area (Å²) < 4.78 is 0. The molecule has 0 unspecified atom stereocenters. The highest BCUT2D eigenvalue weighted by atomic mass is 32.1. The lowest BCUT2D eigenvalue weighted by Gasteiger charge is -2.18. The summed E-state index contributed by atoms with van der Waals surface area (Å²) in [5.41, 5.74) is 4.75. The highest BCUT2D eigenvalue weighted by molar-refractivity contribution is 7.16. The monoisotopic (exact) mass is 392 g/mol. The molecule has 0 aliphatic heterocycles. The topological polar surface area (TPSA) is 83.9 Å². The molecule has 0 saturated carbocycles. The molecule has 142 valence electrons. The summed E-state index contributed by atoms with van der Waals surface area (Å²) in [6, 6.07) is 7.85. The predicted octanol–water partition coefficient (Wildman–Crippen LogP) is 3.82. The van der Waals surface area contributed by atoms with Gasteiger partial charge in [-0.15, -0.1) is 11.3 Å². The molecule has 0 saturated heterocycles. The third-order valence-electron chi connectivity index (χ3n) is 4.63. The molecule has 8 heteroatoms. The molecule has 1 N–H and O–H groups in total. The second-order valence-electron chi connectivity index (χ2n) is 6.86. The number of thiazole rings is 1. The van der Waals surface area contributed by atoms with Crippen LogP contribution in [0.15, 0.2) is 36.1 Å². The Morgan fingerprint density at radius 2 is 2.04 bits per heavy atom. The summed E-state index contributed by atoms with van der Waals surface area (Å²) >= 11 is 1.47. The van der Waals surface area contributed by atoms with Gasteiger partial charge in [-0.2, -0.15) is 0 Å². The molecule has 28 heavy (non-hydrogen) atoms. The fourth-order valence-corrected chi connectivity index (χ4v) is 3.81. The van der Waals surface area contributed by atoms with E-state index in [1.165, 1.54) is 17.7 Å². The zero-order chi connectivity index (χ0) is 19.8. The van der Waals surface area contributed by atoms with Crippen LogP contribution in [0.3, 0.4) is 0 Å². The molecule has 0 bridgehead atoms. The number of pyridine rings is 1. The van der Waals surface area contributed by atoms with Crippen molar-refractivity contribution in [2.24, 2.45) is 0 Å². The van der Waals surface area contributed by atoms with E-state index in [1.54, 1.807) is 24.5 Å². The Hall–Kier alpha value is -3.13. The quantitative estimate of drug-likeness (QED) is 0.568. The van der Waals surface area contributed by atoms with Crippen LogP contribution in [-0.4, -0.2) is 44.8 Å². The van der Waals surface area contributed by atoms with Gasteiger partial charge in [0, 0.05) is 19.5 Å². The number of carbonyl (C=O) groups is 1. The Labute approximate surface area is 166 Å². The van der Waals surface area contributed by atoms with Crippen molar-refractivity contribution in [2.45, 2.75) is 19.9 Å². The minimum atomic E-state index is -0.168. The molecule has 3 heterocycles. The Morgan fingerprint density at radius 1 is 1.21 bits per heavy atom. The average molecular weight is 392 g/mol. The van der Waals surface area contributed by atoms with Gasteiger partial charge in [-0.1, -0.05) is 18.2 Å². The molecule has 7 nitrogen and oxygen atoms in total. The van der Waals surface area contributed by atoms with Crippen molar-refractivity contribution < 1.29 is 4.79 Å². The molecular formula is C20H20N6OS. The summed E-state index contributed by atoms with van der Waals surface area (Å²) in [7, 11) is 3.48. The SMILES string of the molecule is Cc1cccc2cc([C@H](C)Nc3ncnc4scnc34)nc(C(=O)N(C)C)c12. The highest BCUT2D eigenvalue weighted by Crippen LogP contribution is 2.28. The van der Waals surface area contributed by atoms with E-state index >= 15 is 0 Å². The Kier molecular flexibility index (Phi) is 4.64. The Bertz CT molecular complexity index is 1190. The molecular weight excluding hydrogens is 372 g/mol. The predicted molar refractivity (Wildman–Crippen MR) is 112 cm³/mol. The fourth-order valence-electron chi connectivity index (χ4n) is 3.18. The normalized spacial score (nSPS) is 12.3. The number of rotatable bonds is 4. The van der Waals surface area contributed by atoms with E-state index < -0.39 is 0 Å². The van der Waals surface area contributed by atoms with E-state index in [1.807, 2.05) is 38.1 Å². The lowest BCUT2D eigenvalue weighted by Crippen LogP contribution is -2.24. The summed E-state index contributed by atoms with van der Waals surface area (Å²) in [6.07, 6.45) is 1.52. The maximum atomic E-state index is 12.8. The summed E-state index contributed by atoms with van der Waals surface area (Å²) in [4.78, 5) is 32.8. The molecule has 0 aliphatic rings. The molecule has 1 atom stereocenters. The van der Waals surface area contributed by atoms with Gasteiger partial charge in [0.05, 0.1) is 17.2 Å². The van der Waals surface area contributed by atoms with Crippen molar-refractivity contribution in [1.82, 2.24) is 24.8 Å². The number of carbonyl (C=O) groups excluding carboxylic acids is 1. The maximum Gasteiger partial charge on any atom is 0.272 e. The number of nitrogens with zero attached hydrogens (tertiary/aromatic N) is 5. The molecule has 1 aromatic carbocycles. The van der Waals surface area contributed by atoms with Crippen molar-refractivity contribution in [3.8, 4) is 0 Å². The number of fused-ring (bicyclic) bond motifs is 2. The molecule has 0 radical (unpaired) electrons. The standard InChI is InChI=1S/C20H20N6OS/c1-11-6-5-7-13-8-14(25-16(15(11)13)20(27)26(3)4)12(2)24-18-17-19(22-9-21-18)28-10-23-17/h5-10,12H,1-4H3,(H,21,22,24)/t12-/m0/s1. The highest BCUT2D eigenvalue weighted by Gasteiger charge is 2.20. The van der Waals surface area contributed by atoms with Crippen LogP contribution < -0.4 is 5.32 Å². The van der Waals surface area contributed by atoms with Crippen molar-refractivity contribution >= 4 is 44.2 Å². The second-order valence-corrected chi connectivity index (χ2v) is 7.70. The number of hydrogen-bond acceptors (Lipinski definition) is 7. The van der Waals surface area contributed by atoms with Gasteiger partial charge in [0.15, 0.2) is 5.82 Å². The van der Waals surface area contributed by atoms with Crippen LogP contribution in [0.5, 0.6) is 0 Å². The van der Waals surface area contributed by atoms with E-state index in [2.05, 4.69) is 20.3 Å². The van der Waals surface area contributed by atoms with E-state index in [9.17, 15) is 4.79 Å². The smallest absolute Gasteiger partial charge is 0.272 e. The Balaban J connectivity index is 1.80. The average Bonchev–Trinajstić information content (AvgIpc) is 3.16. The number of aromatic nitrogens is 4. The van der Waals surface area contributed by atoms with Crippen LogP contribution in [0.2, 0.25) is 0 Å². The number of amides is 1. The summed E-state index contributed by atoms with van der Waals surface area (Å²) in [6.45, 7) is 3.99. The largest absolute Gasteiger partial charge is 0.360 e. The lowest BCUT2D eigenvalue weighted by atomic mass is 10.0. The first kappa shape index (κ1) is 18.2. The number of benzene rings is 1. The zero-order valence-corrected chi connectivity index (χ0v) is 16.9. The maximum absolute atomic E-state index is 12.8. The summed E-state index contributed by atoms with van der Waals surface area (Å²) in [5.74, 6) is 0.544. The van der Waals surface area contributed by atoms with Crippen LogP contribution >= 0.6 is 11.3 Å². The number of anilines is 1. The molecule has 0 aliphatic carbocycles. The van der Waals surface area contributed by atoms with Gasteiger partial charge < -0.3 is 10.2 Å². The summed E-state index contributed by atoms with van der Waals surface area (Å²) in [5, 5.41) is 5.25. The van der Waals surface area contributed by atoms with Gasteiger partial charge in [0.1, 0.15) is 22.4 Å². The number of nitrogens with one attached hydrogen (secondary N) is 1. The Morgan fingerprint density at radius 3 is 2.82 bits per heavy atom. The molecule has 3 aromatic heterocycles. The first-order chi connectivity index (χ1) is 13.5. The lowest BCUT2D eigenvalue weighted by molar-refractivity contribution is 0.0823. The van der Waals surface area contributed by atoms with Gasteiger partial charge in [0.25, 0.3) is 5.91 Å². The molecule has 0 spiro atoms. The van der Waals surface area contributed by atoms with E-state index in [0.717, 1.165) is 32.4 Å². The minimum absolute atomic E-state index is 0.114. The van der Waals surface area contributed by atoms with Gasteiger partial charge in [-0.05, 0) is 30.9 Å². The third kappa shape index (κ3) is 3.16. The van der Waals surface area contributed by atoms with Gasteiger partial charge in [0.2, 0.25) is 0 Å². The van der Waals surface area contributed by atoms with E-state index in [0.29, 0.717) is 11.5 Å². The van der Waals surface area contributed by atoms with Crippen LogP contribution in [0.25, 0.3) is 21.1 Å². The van der Waals surface area contributed by atoms with Crippen LogP contribution in [0, 0.1) is 6.92 Å². The molecule has 4 aromatic rings. The van der Waals surface area contributed by atoms with Crippen molar-refractivity contribution in [3.63, 3.8) is 0 Å². The zero-order valence-electron chi connectivity index (χ0n) is 16.1. The van der Waals surface area contributed by atoms with Gasteiger partial charge in [-0.25, -0.2) is 19.9 Å². The van der Waals surface area contributed by atoms with Gasteiger partial charge in [-0.3, -0.25) is 4.79 Å². The van der Waals surface area contributed by atoms with E-state index in [-0.39, 0.29) is 11.9 Å². The van der Waals surface area contributed by atoms with Crippen LogP contribution in [0.1, 0.15) is 34.7 Å². The third-order valence-corrected chi connectivity index (χ3v) is 5.36. The van der Waals surface area contributed by atoms with Crippen molar-refractivity contribution in [1.29, 1.82) is 0 Å². The molecule has 1 amide bonds. The number of hydrogen-bond donors (Lipinski definition) is 1. The van der Waals surface area contributed by atoms with Crippen molar-refractivity contribution in [3.05, 3.63) is 53.1 Å². The second kappa shape index (κ2) is 7.12. The fraction of sp³-hybridized carbons (Fsp3) is 0.250. The van der Waals surface area contributed by atoms with Crippen molar-refractivity contribution in [2.75, 3.05) is 19.4 Å². The molecule has 0 fully saturated rings. The van der Waals surface area contributed by atoms with Gasteiger partial charge >= 0.3 is 0 Å². The molecule has 4 rings (SSSR count). The van der Waals surface area contributed by atoms with Crippen LogP contribution in [-0.2, 0) is 0 Å². The first-order valence-electron chi connectivity index (χ1n) is 8.88. The minimum Gasteiger partial charge on any atom is -0.360 e. The number of aryl methyl sites for hydroxylation is 1. The van der Waals surface area contributed by atoms with Crippen LogP contribution in [0.4, 0.5) is 5.82 Å².